The quantitative estimate of drug-likeness (QED) is 0.782. The van der Waals surface area contributed by atoms with Crippen molar-refractivity contribution in [1.29, 1.82) is 5.26 Å². The summed E-state index contributed by atoms with van der Waals surface area (Å²) in [5, 5.41) is 9.81. The maximum absolute atomic E-state index is 13.1. The van der Waals surface area contributed by atoms with Gasteiger partial charge in [-0.1, -0.05) is 6.07 Å². The SMILES string of the molecule is CN1C(=O)[C@@]23C[C@](C)(C#N)[C@H](c4cccnc4)N2C(=O)[C@]1(C)C3. The molecule has 6 nitrogen and oxygen atoms in total. The van der Waals surface area contributed by atoms with Crippen LogP contribution in [0.1, 0.15) is 38.3 Å². The van der Waals surface area contributed by atoms with E-state index in [4.69, 9.17) is 0 Å². The monoisotopic (exact) mass is 310 g/mol. The summed E-state index contributed by atoms with van der Waals surface area (Å²) in [4.78, 5) is 33.4. The van der Waals surface area contributed by atoms with Crippen LogP contribution in [0.2, 0.25) is 0 Å². The van der Waals surface area contributed by atoms with Crippen molar-refractivity contribution in [2.75, 3.05) is 7.05 Å². The number of fused-ring (bicyclic) bond motifs is 1. The van der Waals surface area contributed by atoms with E-state index in [0.717, 1.165) is 5.56 Å². The number of carbonyl (C=O) groups is 2. The molecule has 0 unspecified atom stereocenters. The maximum Gasteiger partial charge on any atom is 0.249 e. The van der Waals surface area contributed by atoms with Gasteiger partial charge in [-0.3, -0.25) is 14.6 Å². The van der Waals surface area contributed by atoms with E-state index < -0.39 is 22.5 Å². The predicted molar refractivity (Wildman–Crippen MR) is 80.7 cm³/mol. The fraction of sp³-hybridized carbons (Fsp3) is 0.529. The number of nitrogens with zero attached hydrogens (tertiary/aromatic N) is 4. The van der Waals surface area contributed by atoms with Crippen molar-refractivity contribution in [1.82, 2.24) is 14.8 Å². The van der Waals surface area contributed by atoms with Crippen LogP contribution in [0.3, 0.4) is 0 Å². The van der Waals surface area contributed by atoms with Gasteiger partial charge in [0.2, 0.25) is 11.8 Å². The molecule has 4 heterocycles. The largest absolute Gasteiger partial charge is 0.329 e. The van der Waals surface area contributed by atoms with E-state index in [1.54, 1.807) is 35.3 Å². The second-order valence-corrected chi connectivity index (χ2v) is 7.42. The summed E-state index contributed by atoms with van der Waals surface area (Å²) in [6.45, 7) is 3.66. The molecular weight excluding hydrogens is 292 g/mol. The molecule has 6 heteroatoms. The van der Waals surface area contributed by atoms with Crippen molar-refractivity contribution >= 4 is 11.8 Å². The third kappa shape index (κ3) is 1.37. The van der Waals surface area contributed by atoms with Crippen molar-refractivity contribution in [2.45, 2.75) is 43.8 Å². The van der Waals surface area contributed by atoms with Crippen LogP contribution in [0.4, 0.5) is 0 Å². The highest BCUT2D eigenvalue weighted by molar-refractivity contribution is 6.07. The van der Waals surface area contributed by atoms with Gasteiger partial charge in [-0.15, -0.1) is 0 Å². The summed E-state index contributed by atoms with van der Waals surface area (Å²) < 4.78 is 0. The maximum atomic E-state index is 13.1. The molecule has 2 bridgehead atoms. The van der Waals surface area contributed by atoms with Gasteiger partial charge >= 0.3 is 0 Å². The van der Waals surface area contributed by atoms with Gasteiger partial charge in [0.15, 0.2) is 0 Å². The molecule has 2 amide bonds. The molecule has 3 saturated heterocycles. The third-order valence-corrected chi connectivity index (χ3v) is 6.00. The standard InChI is InChI=1S/C17H18N4O2/c1-15(10-18)8-17-9-16(2,20(3)14(17)23)13(22)21(17)12(15)11-5-4-6-19-7-11/h4-7,12H,8-9H2,1-3H3/t12-,15+,16-,17-/m0/s1. The molecule has 1 spiro atoms. The van der Waals surface area contributed by atoms with E-state index in [-0.39, 0.29) is 11.8 Å². The van der Waals surface area contributed by atoms with Crippen LogP contribution in [0.5, 0.6) is 0 Å². The molecule has 3 aliphatic heterocycles. The van der Waals surface area contributed by atoms with Gasteiger partial charge in [0, 0.05) is 32.3 Å². The number of aromatic nitrogens is 1. The number of hydrogen-bond donors (Lipinski definition) is 0. The minimum Gasteiger partial charge on any atom is -0.329 e. The summed E-state index contributed by atoms with van der Waals surface area (Å²) in [5.41, 5.74) is -1.67. The van der Waals surface area contributed by atoms with Crippen LogP contribution in [0.25, 0.3) is 0 Å². The van der Waals surface area contributed by atoms with E-state index in [2.05, 4.69) is 11.1 Å². The zero-order valence-electron chi connectivity index (χ0n) is 13.4. The first-order chi connectivity index (χ1) is 10.8. The fourth-order valence-corrected chi connectivity index (χ4v) is 4.89. The number of piperazine rings is 1. The van der Waals surface area contributed by atoms with E-state index in [9.17, 15) is 14.9 Å². The number of amides is 2. The van der Waals surface area contributed by atoms with Gasteiger partial charge in [0.05, 0.1) is 17.5 Å². The number of carbonyl (C=O) groups excluding carboxylic acids is 2. The highest BCUT2D eigenvalue weighted by atomic mass is 16.2. The zero-order valence-corrected chi connectivity index (χ0v) is 13.4. The number of hydrogen-bond acceptors (Lipinski definition) is 4. The van der Waals surface area contributed by atoms with Crippen LogP contribution in [-0.2, 0) is 9.59 Å². The van der Waals surface area contributed by atoms with E-state index in [1.165, 1.54) is 0 Å². The first-order valence-electron chi connectivity index (χ1n) is 7.73. The Labute approximate surface area is 134 Å². The number of rotatable bonds is 1. The average Bonchev–Trinajstić information content (AvgIpc) is 3.01. The average molecular weight is 310 g/mol. The lowest BCUT2D eigenvalue weighted by Crippen LogP contribution is -2.60. The second kappa shape index (κ2) is 3.91. The summed E-state index contributed by atoms with van der Waals surface area (Å²) in [6.07, 6.45) is 4.19. The third-order valence-electron chi connectivity index (χ3n) is 6.00. The van der Waals surface area contributed by atoms with Crippen molar-refractivity contribution in [3.05, 3.63) is 30.1 Å². The molecule has 0 aliphatic carbocycles. The minimum atomic E-state index is -0.883. The summed E-state index contributed by atoms with van der Waals surface area (Å²) in [6, 6.07) is 5.61. The lowest BCUT2D eigenvalue weighted by molar-refractivity contribution is -0.159. The number of likely N-dealkylation sites (tertiary alicyclic amines) is 1. The van der Waals surface area contributed by atoms with Gasteiger partial charge < -0.3 is 9.80 Å². The molecule has 0 radical (unpaired) electrons. The lowest BCUT2D eigenvalue weighted by Gasteiger charge is -2.41. The Morgan fingerprint density at radius 1 is 1.30 bits per heavy atom. The zero-order chi connectivity index (χ0) is 16.6. The van der Waals surface area contributed by atoms with E-state index >= 15 is 0 Å². The molecule has 118 valence electrons. The van der Waals surface area contributed by atoms with Crippen LogP contribution in [0.15, 0.2) is 24.5 Å². The van der Waals surface area contributed by atoms with Crippen LogP contribution in [0, 0.1) is 16.7 Å². The Morgan fingerprint density at radius 2 is 2.04 bits per heavy atom. The van der Waals surface area contributed by atoms with Crippen molar-refractivity contribution in [2.24, 2.45) is 5.41 Å². The van der Waals surface area contributed by atoms with Gasteiger partial charge in [-0.05, 0) is 25.5 Å². The molecule has 1 aromatic heterocycles. The number of pyridine rings is 1. The number of likely N-dealkylation sites (N-methyl/N-ethyl adjacent to an activating group) is 1. The molecular formula is C17H18N4O2. The summed E-state index contributed by atoms with van der Waals surface area (Å²) in [5.74, 6) is -0.111. The highest BCUT2D eigenvalue weighted by Gasteiger charge is 2.77. The molecule has 0 saturated carbocycles. The summed E-state index contributed by atoms with van der Waals surface area (Å²) >= 11 is 0. The molecule has 1 aromatic rings. The molecule has 3 aliphatic rings. The Bertz CT molecular complexity index is 773. The Balaban J connectivity index is 1.94. The highest BCUT2D eigenvalue weighted by Crippen LogP contribution is 2.64. The van der Waals surface area contributed by atoms with E-state index in [0.29, 0.717) is 12.8 Å². The molecule has 0 aromatic carbocycles. The predicted octanol–water partition coefficient (Wildman–Crippen LogP) is 1.26. The second-order valence-electron chi connectivity index (χ2n) is 7.42. The Morgan fingerprint density at radius 3 is 2.65 bits per heavy atom. The molecule has 4 rings (SSSR count). The Kier molecular flexibility index (Phi) is 2.41. The van der Waals surface area contributed by atoms with Crippen LogP contribution >= 0.6 is 0 Å². The van der Waals surface area contributed by atoms with Crippen molar-refractivity contribution < 1.29 is 9.59 Å². The molecule has 3 fully saturated rings. The fourth-order valence-electron chi connectivity index (χ4n) is 4.89. The smallest absolute Gasteiger partial charge is 0.249 e. The topological polar surface area (TPSA) is 77.3 Å². The van der Waals surface area contributed by atoms with Crippen LogP contribution in [-0.4, -0.2) is 44.7 Å². The van der Waals surface area contributed by atoms with Gasteiger partial charge in [0.1, 0.15) is 11.1 Å². The van der Waals surface area contributed by atoms with Crippen LogP contribution < -0.4 is 0 Å². The Hall–Kier alpha value is -2.42. The normalized spacial score (nSPS) is 41.4. The summed E-state index contributed by atoms with van der Waals surface area (Å²) in [7, 11) is 1.69. The molecule has 23 heavy (non-hydrogen) atoms. The first kappa shape index (κ1) is 14.2. The van der Waals surface area contributed by atoms with Gasteiger partial charge in [-0.25, -0.2) is 0 Å². The van der Waals surface area contributed by atoms with E-state index in [1.807, 2.05) is 19.9 Å². The molecule has 4 atom stereocenters. The lowest BCUT2D eigenvalue weighted by atomic mass is 9.76. The van der Waals surface area contributed by atoms with Gasteiger partial charge in [-0.2, -0.15) is 5.26 Å². The van der Waals surface area contributed by atoms with Gasteiger partial charge in [0.25, 0.3) is 0 Å². The van der Waals surface area contributed by atoms with Crippen molar-refractivity contribution in [3.63, 3.8) is 0 Å². The van der Waals surface area contributed by atoms with Crippen molar-refractivity contribution in [3.8, 4) is 6.07 Å². The first-order valence-corrected chi connectivity index (χ1v) is 7.73. The minimum absolute atomic E-state index is 0.0486. The number of nitriles is 1. The molecule has 0 N–H and O–H groups in total.